The first-order valence-electron chi connectivity index (χ1n) is 20.4. The molecule has 272 valence electrons. The van der Waals surface area contributed by atoms with Crippen LogP contribution in [0, 0.1) is 0 Å². The van der Waals surface area contributed by atoms with Crippen LogP contribution in [0.15, 0.2) is 188 Å². The number of benzene rings is 8. The van der Waals surface area contributed by atoms with Crippen LogP contribution in [-0.4, -0.2) is 4.40 Å². The number of thiophene rings is 1. The zero-order chi connectivity index (χ0) is 37.9. The second-order valence-corrected chi connectivity index (χ2v) is 17.0. The molecule has 3 heterocycles. The maximum absolute atomic E-state index is 2.51. The molecule has 3 aromatic heterocycles. The smallest absolute Gasteiger partial charge is 0.0782 e. The van der Waals surface area contributed by atoms with Gasteiger partial charge in [-0.05, 0) is 107 Å². The van der Waals surface area contributed by atoms with Crippen molar-refractivity contribution < 1.29 is 0 Å². The normalized spacial score (nSPS) is 13.9. The van der Waals surface area contributed by atoms with Crippen LogP contribution in [0.25, 0.3) is 86.1 Å². The lowest BCUT2D eigenvalue weighted by Gasteiger charge is -2.27. The number of anilines is 3. The van der Waals surface area contributed by atoms with Crippen LogP contribution >= 0.6 is 11.3 Å². The molecular weight excluding hydrogens is 721 g/mol. The van der Waals surface area contributed by atoms with E-state index in [0.29, 0.717) is 0 Å². The lowest BCUT2D eigenvalue weighted by Crippen LogP contribution is -2.11. The highest BCUT2D eigenvalue weighted by molar-refractivity contribution is 7.26. The molecule has 3 heteroatoms. The Hall–Kier alpha value is -6.94. The van der Waals surface area contributed by atoms with Crippen LogP contribution in [0.2, 0.25) is 0 Å². The van der Waals surface area contributed by atoms with Crippen molar-refractivity contribution in [1.29, 1.82) is 0 Å². The predicted octanol–water partition coefficient (Wildman–Crippen LogP) is 15.7. The van der Waals surface area contributed by atoms with Crippen LogP contribution in [0.1, 0.15) is 24.0 Å². The highest BCUT2D eigenvalue weighted by Gasteiger charge is 2.25. The average Bonchev–Trinajstić information content (AvgIpc) is 4.04. The summed E-state index contributed by atoms with van der Waals surface area (Å²) in [6.45, 7) is 0. The summed E-state index contributed by atoms with van der Waals surface area (Å²) in [5, 5.41) is 7.79. The van der Waals surface area contributed by atoms with Crippen molar-refractivity contribution in [1.82, 2.24) is 4.40 Å². The molecule has 0 unspecified atom stereocenters. The molecule has 8 aromatic carbocycles. The first-order valence-corrected chi connectivity index (χ1v) is 21.2. The number of aromatic nitrogens is 1. The van der Waals surface area contributed by atoms with Crippen molar-refractivity contribution in [3.05, 3.63) is 199 Å². The summed E-state index contributed by atoms with van der Waals surface area (Å²) in [5.41, 5.74) is 18.1. The van der Waals surface area contributed by atoms with E-state index >= 15 is 0 Å². The number of rotatable bonds is 5. The predicted molar refractivity (Wildman–Crippen MR) is 249 cm³/mol. The van der Waals surface area contributed by atoms with Crippen molar-refractivity contribution in [2.24, 2.45) is 0 Å². The SMILES string of the molecule is C1=CC2=C(CC1)Cc1ccc(-c3ccc(N(c4ccc(-c5cccc6c5sc5ccccc56)cc4)c4cccc5c6cccc7c8ccccc8n(c45)c76)cc3)cc12. The molecule has 13 rings (SSSR count). The molecule has 0 atom stereocenters. The summed E-state index contributed by atoms with van der Waals surface area (Å²) in [4.78, 5) is 2.46. The van der Waals surface area contributed by atoms with Crippen molar-refractivity contribution in [2.45, 2.75) is 19.3 Å². The van der Waals surface area contributed by atoms with E-state index in [1.54, 1.807) is 5.57 Å². The molecule has 0 spiro atoms. The summed E-state index contributed by atoms with van der Waals surface area (Å²) < 4.78 is 5.18. The summed E-state index contributed by atoms with van der Waals surface area (Å²) in [6.07, 6.45) is 8.12. The fourth-order valence-corrected chi connectivity index (χ4v) is 11.4. The Labute approximate surface area is 340 Å². The minimum atomic E-state index is 1.09. The highest BCUT2D eigenvalue weighted by atomic mass is 32.1. The van der Waals surface area contributed by atoms with Gasteiger partial charge in [0.05, 0.1) is 22.2 Å². The van der Waals surface area contributed by atoms with E-state index in [0.717, 1.165) is 29.9 Å². The molecule has 11 aromatic rings. The zero-order valence-electron chi connectivity index (χ0n) is 31.7. The molecule has 58 heavy (non-hydrogen) atoms. The minimum Gasteiger partial charge on any atom is -0.308 e. The quantitative estimate of drug-likeness (QED) is 0.170. The van der Waals surface area contributed by atoms with E-state index in [9.17, 15) is 0 Å². The van der Waals surface area contributed by atoms with E-state index in [1.165, 1.54) is 104 Å². The topological polar surface area (TPSA) is 7.65 Å². The standard InChI is InChI=1S/C55H36N2S/c1-2-11-41-37(10-1)32-38-23-22-36(33-49(38)41)34-24-28-39(29-25-34)56(40-30-26-35(27-31-40)42-14-7-18-48-44-13-4-6-21-52(44)58-55(42)48)51-20-9-17-47-46-16-8-15-45-43-12-3-5-19-50(43)57(53(45)46)54(47)51/h2-9,11-31,33H,1,10,32H2. The van der Waals surface area contributed by atoms with Gasteiger partial charge in [-0.1, -0.05) is 139 Å². The van der Waals surface area contributed by atoms with Gasteiger partial charge >= 0.3 is 0 Å². The minimum absolute atomic E-state index is 1.09. The molecule has 0 radical (unpaired) electrons. The second-order valence-electron chi connectivity index (χ2n) is 15.9. The van der Waals surface area contributed by atoms with Crippen molar-refractivity contribution in [3.63, 3.8) is 0 Å². The van der Waals surface area contributed by atoms with E-state index in [-0.39, 0.29) is 0 Å². The molecule has 0 saturated carbocycles. The van der Waals surface area contributed by atoms with Crippen molar-refractivity contribution in [3.8, 4) is 22.3 Å². The van der Waals surface area contributed by atoms with Gasteiger partial charge < -0.3 is 9.30 Å². The Balaban J connectivity index is 0.991. The molecule has 0 aliphatic heterocycles. The maximum atomic E-state index is 2.51. The van der Waals surface area contributed by atoms with Crippen LogP contribution in [0.5, 0.6) is 0 Å². The Bertz CT molecular complexity index is 3520. The van der Waals surface area contributed by atoms with Crippen molar-refractivity contribution in [2.75, 3.05) is 4.90 Å². The fourth-order valence-electron chi connectivity index (χ4n) is 10.2. The summed E-state index contributed by atoms with van der Waals surface area (Å²) in [6, 6.07) is 63.5. The van der Waals surface area contributed by atoms with Crippen LogP contribution in [0.3, 0.4) is 0 Å². The molecule has 2 nitrogen and oxygen atoms in total. The molecule has 0 bridgehead atoms. The number of hydrogen-bond acceptors (Lipinski definition) is 2. The Morgan fingerprint density at radius 3 is 2.00 bits per heavy atom. The Morgan fingerprint density at radius 1 is 0.500 bits per heavy atom. The molecular formula is C55H36N2S. The number of hydrogen-bond donors (Lipinski definition) is 0. The summed E-state index contributed by atoms with van der Waals surface area (Å²) in [5.74, 6) is 0. The monoisotopic (exact) mass is 756 g/mol. The van der Waals surface area contributed by atoms with E-state index in [1.807, 2.05) is 11.3 Å². The first-order chi connectivity index (χ1) is 28.8. The average molecular weight is 757 g/mol. The lowest BCUT2D eigenvalue weighted by molar-refractivity contribution is 0.935. The van der Waals surface area contributed by atoms with Gasteiger partial charge in [0.1, 0.15) is 0 Å². The number of allylic oxidation sites excluding steroid dienone is 4. The van der Waals surface area contributed by atoms with Crippen molar-refractivity contribution >= 4 is 92.2 Å². The Kier molecular flexibility index (Phi) is 6.81. The van der Waals surface area contributed by atoms with E-state index in [4.69, 9.17) is 0 Å². The van der Waals surface area contributed by atoms with E-state index < -0.39 is 0 Å². The highest BCUT2D eigenvalue weighted by Crippen LogP contribution is 2.47. The van der Waals surface area contributed by atoms with Gasteiger partial charge in [0.25, 0.3) is 0 Å². The first kappa shape index (κ1) is 32.2. The third-order valence-electron chi connectivity index (χ3n) is 12.8. The lowest BCUT2D eigenvalue weighted by atomic mass is 9.95. The summed E-state index contributed by atoms with van der Waals surface area (Å²) >= 11 is 1.89. The number of para-hydroxylation sites is 3. The molecule has 0 fully saturated rings. The third-order valence-corrected chi connectivity index (χ3v) is 14.1. The molecule has 2 aliphatic rings. The van der Waals surface area contributed by atoms with Gasteiger partial charge in [-0.15, -0.1) is 11.3 Å². The molecule has 0 saturated heterocycles. The van der Waals surface area contributed by atoms with Gasteiger partial charge in [0, 0.05) is 53.1 Å². The van der Waals surface area contributed by atoms with Crippen LogP contribution < -0.4 is 4.90 Å². The van der Waals surface area contributed by atoms with Gasteiger partial charge in [-0.25, -0.2) is 0 Å². The largest absolute Gasteiger partial charge is 0.308 e. The summed E-state index contributed by atoms with van der Waals surface area (Å²) in [7, 11) is 0. The van der Waals surface area contributed by atoms with Gasteiger partial charge in [-0.3, -0.25) is 0 Å². The second kappa shape index (κ2) is 12.3. The molecule has 0 amide bonds. The van der Waals surface area contributed by atoms with Gasteiger partial charge in [0.15, 0.2) is 0 Å². The van der Waals surface area contributed by atoms with Crippen LogP contribution in [-0.2, 0) is 6.42 Å². The number of fused-ring (bicyclic) bond motifs is 11. The van der Waals surface area contributed by atoms with E-state index in [2.05, 4.69) is 191 Å². The van der Waals surface area contributed by atoms with Crippen LogP contribution in [0.4, 0.5) is 17.1 Å². The molecule has 2 aliphatic carbocycles. The Morgan fingerprint density at radius 2 is 1.16 bits per heavy atom. The van der Waals surface area contributed by atoms with Gasteiger partial charge in [-0.2, -0.15) is 0 Å². The zero-order valence-corrected chi connectivity index (χ0v) is 32.6. The fraction of sp³-hybridized carbons (Fsp3) is 0.0545. The van der Waals surface area contributed by atoms with Gasteiger partial charge in [0.2, 0.25) is 0 Å². The maximum Gasteiger partial charge on any atom is 0.0782 e. The molecule has 0 N–H and O–H groups in total. The third kappa shape index (κ3) is 4.59. The number of nitrogens with zero attached hydrogens (tertiary/aromatic N) is 2.